The van der Waals surface area contributed by atoms with Crippen LogP contribution in [0, 0.1) is 16.7 Å². The number of nitrogens with one attached hydrogen (secondary N) is 1. The van der Waals surface area contributed by atoms with Gasteiger partial charge in [-0.15, -0.1) is 0 Å². The summed E-state index contributed by atoms with van der Waals surface area (Å²) in [5.41, 5.74) is -8.14. The molecule has 1 saturated heterocycles. The number of hydrogen-bond donors (Lipinski definition) is 5. The fourth-order valence-electron chi connectivity index (χ4n) is 9.56. The number of aliphatic hydroxyl groups is 4. The van der Waals surface area contributed by atoms with E-state index in [1.165, 1.54) is 26.0 Å². The molecule has 1 aliphatic heterocycles. The molecule has 15 heteroatoms. The molecule has 2 bridgehead atoms. The van der Waals surface area contributed by atoms with E-state index in [0.29, 0.717) is 5.56 Å². The summed E-state index contributed by atoms with van der Waals surface area (Å²) in [4.78, 5) is 68.9. The maximum absolute atomic E-state index is 14.9. The Morgan fingerprint density at radius 1 is 0.948 bits per heavy atom. The number of ether oxygens (including phenoxy) is 5. The van der Waals surface area contributed by atoms with Gasteiger partial charge in [-0.3, -0.25) is 9.59 Å². The van der Waals surface area contributed by atoms with Crippen LogP contribution in [0.5, 0.6) is 0 Å². The van der Waals surface area contributed by atoms with Crippen molar-refractivity contribution >= 4 is 29.8 Å². The minimum absolute atomic E-state index is 0.0637. The second-order valence-corrected chi connectivity index (χ2v) is 17.6. The lowest BCUT2D eigenvalue weighted by molar-refractivity contribution is -0.346. The van der Waals surface area contributed by atoms with Crippen molar-refractivity contribution in [2.75, 3.05) is 6.61 Å². The minimum Gasteiger partial charge on any atom is -0.456 e. The van der Waals surface area contributed by atoms with Crippen LogP contribution in [0.15, 0.2) is 71.8 Å². The van der Waals surface area contributed by atoms with Gasteiger partial charge in [-0.25, -0.2) is 14.4 Å². The highest BCUT2D eigenvalue weighted by molar-refractivity contribution is 5.94. The normalized spacial score (nSPS) is 33.7. The fraction of sp³-hybridized carbons (Fsp3) is 0.558. The van der Waals surface area contributed by atoms with E-state index < -0.39 is 112 Å². The van der Waals surface area contributed by atoms with Gasteiger partial charge in [-0.1, -0.05) is 62.4 Å². The quantitative estimate of drug-likeness (QED) is 0.147. The monoisotopic (exact) mass is 807 g/mol. The highest BCUT2D eigenvalue weighted by Crippen LogP contribution is 2.64. The number of amides is 1. The number of esters is 3. The molecular formula is C43H53NO14. The van der Waals surface area contributed by atoms with Gasteiger partial charge in [0.25, 0.3) is 0 Å². The summed E-state index contributed by atoms with van der Waals surface area (Å²) in [5.74, 6) is -5.36. The van der Waals surface area contributed by atoms with Crippen LogP contribution in [-0.4, -0.2) is 110 Å². The maximum atomic E-state index is 14.9. The number of fused-ring (bicyclic) bond motifs is 5. The number of carbonyl (C=O) groups excluding carboxylic acids is 5. The Labute approximate surface area is 336 Å². The summed E-state index contributed by atoms with van der Waals surface area (Å²) >= 11 is 0. The molecule has 58 heavy (non-hydrogen) atoms. The number of carbonyl (C=O) groups is 5. The summed E-state index contributed by atoms with van der Waals surface area (Å²) < 4.78 is 29.5. The molecule has 1 heterocycles. The number of Topliss-reactive ketones (excluding diaryl/α,β-unsaturated/α-hetero) is 1. The van der Waals surface area contributed by atoms with Crippen molar-refractivity contribution in [2.45, 2.75) is 128 Å². The Morgan fingerprint density at radius 3 is 2.10 bits per heavy atom. The lowest BCUT2D eigenvalue weighted by atomic mass is 9.44. The van der Waals surface area contributed by atoms with Crippen LogP contribution in [0.4, 0.5) is 4.79 Å². The van der Waals surface area contributed by atoms with Crippen LogP contribution in [0.1, 0.15) is 90.2 Å². The molecule has 3 fully saturated rings. The SMILES string of the molecule is CC(=O)OC12CO[C@@H]1C[C@H](O)[C@@]1(C)C(=O)[C@H](O)C3=C(C)[C@H](OC(=O)[C@@H](O)[C@@H](NC(=O)OC(C)(C)C)c4ccccc4)C[C@@](O)([C@H](OC(=O)c4ccccc4)C21)C3(C)C. The van der Waals surface area contributed by atoms with E-state index in [0.717, 1.165) is 6.92 Å². The average molecular weight is 808 g/mol. The van der Waals surface area contributed by atoms with Gasteiger partial charge < -0.3 is 49.4 Å². The molecule has 15 nitrogen and oxygen atoms in total. The molecule has 1 amide bonds. The molecule has 0 spiro atoms. The number of benzene rings is 2. The molecule has 2 saturated carbocycles. The first-order chi connectivity index (χ1) is 27.0. The smallest absolute Gasteiger partial charge is 0.408 e. The van der Waals surface area contributed by atoms with Crippen LogP contribution < -0.4 is 5.32 Å². The van der Waals surface area contributed by atoms with Crippen LogP contribution >= 0.6 is 0 Å². The second kappa shape index (κ2) is 15.2. The van der Waals surface area contributed by atoms with Crippen molar-refractivity contribution in [2.24, 2.45) is 16.7 Å². The minimum atomic E-state index is -2.35. The Balaban J connectivity index is 1.49. The molecule has 0 radical (unpaired) electrons. The Bertz CT molecular complexity index is 1980. The van der Waals surface area contributed by atoms with Crippen LogP contribution in [0.3, 0.4) is 0 Å². The molecule has 2 aromatic carbocycles. The highest BCUT2D eigenvalue weighted by Gasteiger charge is 2.78. The molecule has 11 atom stereocenters. The van der Waals surface area contributed by atoms with Crippen molar-refractivity contribution < 1.29 is 68.1 Å². The standard InChI is InChI=1S/C43H53NO14/c1-22-26(55-37(51)32(48)30(24-15-11-9-12-16-24)44-38(52)58-39(3,4)5)20-43(53)35(56-36(50)25-17-13-10-14-18-25)33-41(8,34(49)31(47)29(22)40(43,6)7)27(46)19-28-42(33,21-54-28)57-23(2)45/h9-18,26-28,30-33,35,46-48,53H,19-21H2,1-8H3,(H,44,52)/t26-,27+,28-,30+,31-,32+,33?,35-,41-,42?,43-/m1/s1. The van der Waals surface area contributed by atoms with Crippen molar-refractivity contribution in [1.29, 1.82) is 0 Å². The molecule has 314 valence electrons. The van der Waals surface area contributed by atoms with Gasteiger partial charge in [0.05, 0.1) is 35.6 Å². The molecule has 4 aliphatic rings. The third-order valence-electron chi connectivity index (χ3n) is 12.6. The van der Waals surface area contributed by atoms with E-state index in [2.05, 4.69) is 5.32 Å². The molecule has 0 aromatic heterocycles. The van der Waals surface area contributed by atoms with Gasteiger partial charge in [-0.05, 0) is 63.5 Å². The first-order valence-corrected chi connectivity index (χ1v) is 19.3. The lowest BCUT2D eigenvalue weighted by Crippen LogP contribution is -2.81. The zero-order valence-electron chi connectivity index (χ0n) is 33.9. The Morgan fingerprint density at radius 2 is 1.55 bits per heavy atom. The van der Waals surface area contributed by atoms with Crippen molar-refractivity contribution in [1.82, 2.24) is 5.32 Å². The number of aliphatic hydroxyl groups excluding tert-OH is 3. The summed E-state index contributed by atoms with van der Waals surface area (Å²) in [6, 6.07) is 14.6. The summed E-state index contributed by atoms with van der Waals surface area (Å²) in [5, 5.41) is 51.6. The summed E-state index contributed by atoms with van der Waals surface area (Å²) in [6.45, 7) is 11.8. The largest absolute Gasteiger partial charge is 0.456 e. The third-order valence-corrected chi connectivity index (χ3v) is 12.6. The molecule has 5 N–H and O–H groups in total. The van der Waals surface area contributed by atoms with Gasteiger partial charge >= 0.3 is 24.0 Å². The highest BCUT2D eigenvalue weighted by atomic mass is 16.6. The van der Waals surface area contributed by atoms with Gasteiger partial charge in [0, 0.05) is 25.2 Å². The van der Waals surface area contributed by atoms with E-state index in [1.807, 2.05) is 0 Å². The van der Waals surface area contributed by atoms with Crippen LogP contribution in [-0.2, 0) is 38.1 Å². The zero-order chi connectivity index (χ0) is 42.7. The van der Waals surface area contributed by atoms with Gasteiger partial charge in [0.2, 0.25) is 0 Å². The zero-order valence-corrected chi connectivity index (χ0v) is 33.9. The van der Waals surface area contributed by atoms with Crippen LogP contribution in [0.2, 0.25) is 0 Å². The van der Waals surface area contributed by atoms with Crippen molar-refractivity contribution in [3.8, 4) is 0 Å². The molecule has 3 aliphatic carbocycles. The average Bonchev–Trinajstić information content (AvgIpc) is 3.14. The predicted octanol–water partition coefficient (Wildman–Crippen LogP) is 3.26. The van der Waals surface area contributed by atoms with E-state index in [9.17, 15) is 44.4 Å². The van der Waals surface area contributed by atoms with Crippen molar-refractivity contribution in [3.05, 3.63) is 82.9 Å². The number of ketones is 1. The predicted molar refractivity (Wildman–Crippen MR) is 204 cm³/mol. The molecule has 2 unspecified atom stereocenters. The molecular weight excluding hydrogens is 754 g/mol. The van der Waals surface area contributed by atoms with E-state index in [1.54, 1.807) is 83.1 Å². The molecule has 6 rings (SSSR count). The Kier molecular flexibility index (Phi) is 11.2. The van der Waals surface area contributed by atoms with Gasteiger partial charge in [0.15, 0.2) is 17.5 Å². The second-order valence-electron chi connectivity index (χ2n) is 17.6. The van der Waals surface area contributed by atoms with Gasteiger partial charge in [0.1, 0.15) is 35.6 Å². The summed E-state index contributed by atoms with van der Waals surface area (Å²) in [6.07, 6.45) is -11.5. The van der Waals surface area contributed by atoms with E-state index in [4.69, 9.17) is 23.7 Å². The number of rotatable bonds is 8. The number of hydrogen-bond acceptors (Lipinski definition) is 14. The van der Waals surface area contributed by atoms with Crippen molar-refractivity contribution in [3.63, 3.8) is 0 Å². The van der Waals surface area contributed by atoms with Gasteiger partial charge in [-0.2, -0.15) is 0 Å². The fourth-order valence-corrected chi connectivity index (χ4v) is 9.56. The first-order valence-electron chi connectivity index (χ1n) is 19.3. The Hall–Kier alpha value is -4.67. The first kappa shape index (κ1) is 42.9. The van der Waals surface area contributed by atoms with Crippen LogP contribution in [0.25, 0.3) is 0 Å². The molecule has 2 aromatic rings. The van der Waals surface area contributed by atoms with E-state index >= 15 is 0 Å². The summed E-state index contributed by atoms with van der Waals surface area (Å²) in [7, 11) is 0. The van der Waals surface area contributed by atoms with E-state index in [-0.39, 0.29) is 29.7 Å². The topological polar surface area (TPSA) is 224 Å². The number of alkyl carbamates (subject to hydrolysis) is 1. The third kappa shape index (κ3) is 7.10. The lowest BCUT2D eigenvalue weighted by Gasteiger charge is -2.67. The maximum Gasteiger partial charge on any atom is 0.408 e.